The molecule has 152 valence electrons. The molecular weight excluding hydrogens is 370 g/mol. The molecule has 0 spiro atoms. The van der Waals surface area contributed by atoms with E-state index in [1.807, 2.05) is 36.4 Å². The van der Waals surface area contributed by atoms with Crippen molar-refractivity contribution in [2.24, 2.45) is 4.99 Å². The average Bonchev–Trinajstić information content (AvgIpc) is 3.03. The molecule has 0 saturated carbocycles. The third-order valence-corrected chi connectivity index (χ3v) is 5.36. The first-order valence-corrected chi connectivity index (χ1v) is 10.3. The number of aliphatic imine (C=N–C) groups is 1. The van der Waals surface area contributed by atoms with Crippen LogP contribution in [0, 0.1) is 0 Å². The van der Waals surface area contributed by atoms with E-state index >= 15 is 0 Å². The maximum Gasteiger partial charge on any atom is 0.213 e. The Bertz CT molecular complexity index is 1050. The maximum atomic E-state index is 6.42. The van der Waals surface area contributed by atoms with Gasteiger partial charge in [-0.25, -0.2) is 4.99 Å². The predicted octanol–water partition coefficient (Wildman–Crippen LogP) is 6.10. The summed E-state index contributed by atoms with van der Waals surface area (Å²) in [6.07, 6.45) is 0.777. The van der Waals surface area contributed by atoms with Gasteiger partial charge in [0.05, 0.1) is 13.7 Å². The van der Waals surface area contributed by atoms with E-state index in [-0.39, 0.29) is 0 Å². The van der Waals surface area contributed by atoms with E-state index in [1.165, 1.54) is 16.7 Å². The van der Waals surface area contributed by atoms with Crippen LogP contribution in [0.25, 0.3) is 5.57 Å². The normalized spacial score (nSPS) is 16.6. The molecular formula is C27H27NO2. The highest BCUT2D eigenvalue weighted by atomic mass is 16.5. The van der Waals surface area contributed by atoms with E-state index in [0.29, 0.717) is 6.54 Å². The Morgan fingerprint density at radius 3 is 2.00 bits per heavy atom. The molecule has 0 radical (unpaired) electrons. The number of hydrogen-bond donors (Lipinski definition) is 0. The number of methoxy groups -OCH3 is 1. The van der Waals surface area contributed by atoms with Gasteiger partial charge >= 0.3 is 0 Å². The van der Waals surface area contributed by atoms with E-state index in [4.69, 9.17) is 14.5 Å². The summed E-state index contributed by atoms with van der Waals surface area (Å²) in [5, 5.41) is 0. The first-order valence-electron chi connectivity index (χ1n) is 10.3. The summed E-state index contributed by atoms with van der Waals surface area (Å²) in [7, 11) is 1.69. The fourth-order valence-electron chi connectivity index (χ4n) is 3.94. The summed E-state index contributed by atoms with van der Waals surface area (Å²) in [5.41, 5.74) is 5.41. The molecule has 3 aromatic carbocycles. The number of ether oxygens (including phenoxy) is 2. The van der Waals surface area contributed by atoms with E-state index in [0.717, 1.165) is 29.2 Å². The van der Waals surface area contributed by atoms with Crippen molar-refractivity contribution in [3.8, 4) is 5.75 Å². The molecule has 30 heavy (non-hydrogen) atoms. The average molecular weight is 398 g/mol. The monoisotopic (exact) mass is 397 g/mol. The Morgan fingerprint density at radius 2 is 1.40 bits per heavy atom. The minimum absolute atomic E-state index is 0.464. The van der Waals surface area contributed by atoms with Crippen molar-refractivity contribution in [2.75, 3.05) is 7.11 Å². The van der Waals surface area contributed by atoms with E-state index in [9.17, 15) is 0 Å². The van der Waals surface area contributed by atoms with E-state index in [1.54, 1.807) is 7.11 Å². The smallest absolute Gasteiger partial charge is 0.213 e. The lowest BCUT2D eigenvalue weighted by Gasteiger charge is -2.22. The fourth-order valence-corrected chi connectivity index (χ4v) is 3.94. The molecule has 0 bridgehead atoms. The maximum absolute atomic E-state index is 6.42. The fraction of sp³-hybridized carbons (Fsp3) is 0.222. The largest absolute Gasteiger partial charge is 0.497 e. The number of rotatable bonds is 6. The number of benzene rings is 3. The molecule has 0 unspecified atom stereocenters. The molecule has 4 rings (SSSR count). The Morgan fingerprint density at radius 1 is 0.800 bits per heavy atom. The lowest BCUT2D eigenvalue weighted by Crippen LogP contribution is -2.22. The molecule has 3 aromatic rings. The van der Waals surface area contributed by atoms with Crippen LogP contribution < -0.4 is 4.74 Å². The van der Waals surface area contributed by atoms with Gasteiger partial charge < -0.3 is 9.47 Å². The number of hydrogen-bond acceptors (Lipinski definition) is 3. The van der Waals surface area contributed by atoms with Crippen molar-refractivity contribution < 1.29 is 9.47 Å². The van der Waals surface area contributed by atoms with Crippen LogP contribution in [0.3, 0.4) is 0 Å². The van der Waals surface area contributed by atoms with Gasteiger partial charge in [-0.15, -0.1) is 0 Å². The second kappa shape index (κ2) is 8.58. The summed E-state index contributed by atoms with van der Waals surface area (Å²) in [6, 6.07) is 29.0. The third-order valence-electron chi connectivity index (χ3n) is 5.36. The summed E-state index contributed by atoms with van der Waals surface area (Å²) < 4.78 is 11.8. The highest BCUT2D eigenvalue weighted by Gasteiger charge is 2.39. The molecule has 3 heteroatoms. The quantitative estimate of drug-likeness (QED) is 0.503. The molecule has 1 aliphatic rings. The lowest BCUT2D eigenvalue weighted by atomic mass is 9.87. The first-order chi connectivity index (χ1) is 14.6. The topological polar surface area (TPSA) is 30.8 Å². The Balaban J connectivity index is 1.78. The van der Waals surface area contributed by atoms with E-state index < -0.39 is 5.60 Å². The van der Waals surface area contributed by atoms with Gasteiger partial charge in [-0.1, -0.05) is 72.8 Å². The van der Waals surface area contributed by atoms with Gasteiger partial charge in [-0.2, -0.15) is 0 Å². The van der Waals surface area contributed by atoms with Crippen molar-refractivity contribution in [3.05, 3.63) is 107 Å². The molecule has 0 aliphatic carbocycles. The third kappa shape index (κ3) is 4.30. The summed E-state index contributed by atoms with van der Waals surface area (Å²) in [6.45, 7) is 4.83. The van der Waals surface area contributed by atoms with Gasteiger partial charge in [0.15, 0.2) is 0 Å². The van der Waals surface area contributed by atoms with Crippen molar-refractivity contribution in [2.45, 2.75) is 32.4 Å². The summed E-state index contributed by atoms with van der Waals surface area (Å²) >= 11 is 0. The van der Waals surface area contributed by atoms with Gasteiger partial charge in [-0.05, 0) is 42.7 Å². The van der Waals surface area contributed by atoms with Gasteiger partial charge in [0, 0.05) is 17.6 Å². The highest BCUT2D eigenvalue weighted by Crippen LogP contribution is 2.41. The zero-order valence-corrected chi connectivity index (χ0v) is 17.8. The van der Waals surface area contributed by atoms with Gasteiger partial charge in [0.1, 0.15) is 11.4 Å². The predicted molar refractivity (Wildman–Crippen MR) is 123 cm³/mol. The van der Waals surface area contributed by atoms with Crippen molar-refractivity contribution in [3.63, 3.8) is 0 Å². The molecule has 1 heterocycles. The lowest BCUT2D eigenvalue weighted by molar-refractivity contribution is 0.170. The second-order valence-corrected chi connectivity index (χ2v) is 7.96. The molecule has 0 saturated heterocycles. The molecule has 0 N–H and O–H groups in total. The van der Waals surface area contributed by atoms with Crippen LogP contribution in [0.15, 0.2) is 95.5 Å². The zero-order valence-electron chi connectivity index (χ0n) is 17.8. The standard InChI is InChI=1S/C27H27NO2/c1-27(2)25(22-14-16-23(29-3)17-15-22)24(18-20-10-6-4-7-11-20)26(30-27)28-19-21-12-8-5-9-13-21/h4-17H,18-19H2,1-3H3. The van der Waals surface area contributed by atoms with Crippen LogP contribution in [0.4, 0.5) is 0 Å². The van der Waals surface area contributed by atoms with Crippen LogP contribution in [-0.2, 0) is 17.7 Å². The van der Waals surface area contributed by atoms with Crippen LogP contribution in [0.2, 0.25) is 0 Å². The van der Waals surface area contributed by atoms with Crippen molar-refractivity contribution in [1.82, 2.24) is 0 Å². The van der Waals surface area contributed by atoms with Crippen molar-refractivity contribution in [1.29, 1.82) is 0 Å². The van der Waals surface area contributed by atoms with Gasteiger partial charge in [0.2, 0.25) is 5.90 Å². The first kappa shape index (κ1) is 20.0. The Hall–Kier alpha value is -3.33. The molecule has 1 aliphatic heterocycles. The van der Waals surface area contributed by atoms with Gasteiger partial charge in [-0.3, -0.25) is 0 Å². The minimum atomic E-state index is -0.464. The second-order valence-electron chi connectivity index (χ2n) is 7.96. The molecule has 0 amide bonds. The highest BCUT2D eigenvalue weighted by molar-refractivity contribution is 6.07. The summed E-state index contributed by atoms with van der Waals surface area (Å²) in [5.74, 6) is 1.58. The Kier molecular flexibility index (Phi) is 5.71. The van der Waals surface area contributed by atoms with Crippen LogP contribution in [0.1, 0.15) is 30.5 Å². The van der Waals surface area contributed by atoms with Gasteiger partial charge in [0.25, 0.3) is 0 Å². The molecule has 0 fully saturated rings. The van der Waals surface area contributed by atoms with Crippen LogP contribution >= 0.6 is 0 Å². The summed E-state index contributed by atoms with van der Waals surface area (Å²) in [4.78, 5) is 4.89. The SMILES string of the molecule is COc1ccc(C2=C(Cc3ccccc3)C(=NCc3ccccc3)OC2(C)C)cc1. The van der Waals surface area contributed by atoms with Crippen LogP contribution in [0.5, 0.6) is 5.75 Å². The number of nitrogens with zero attached hydrogens (tertiary/aromatic N) is 1. The molecule has 0 atom stereocenters. The minimum Gasteiger partial charge on any atom is -0.497 e. The zero-order chi connectivity index (χ0) is 21.0. The van der Waals surface area contributed by atoms with E-state index in [2.05, 4.69) is 62.4 Å². The van der Waals surface area contributed by atoms with Crippen molar-refractivity contribution >= 4 is 11.5 Å². The molecule has 3 nitrogen and oxygen atoms in total. The Labute approximate surface area is 178 Å². The molecule has 0 aromatic heterocycles. The van der Waals surface area contributed by atoms with Crippen LogP contribution in [-0.4, -0.2) is 18.6 Å².